The van der Waals surface area contributed by atoms with Crippen molar-refractivity contribution in [1.82, 2.24) is 14.3 Å². The molecule has 0 saturated carbocycles. The van der Waals surface area contributed by atoms with E-state index in [9.17, 15) is 4.79 Å². The zero-order valence-electron chi connectivity index (χ0n) is 12.5. The Hall–Kier alpha value is -1.44. The number of carbonyl (C=O) groups is 1. The number of thiazole rings is 1. The van der Waals surface area contributed by atoms with E-state index in [4.69, 9.17) is 0 Å². The van der Waals surface area contributed by atoms with Crippen molar-refractivity contribution in [3.8, 4) is 10.6 Å². The summed E-state index contributed by atoms with van der Waals surface area (Å²) in [4.78, 5) is 22.6. The van der Waals surface area contributed by atoms with Gasteiger partial charge >= 0.3 is 0 Å². The van der Waals surface area contributed by atoms with Crippen LogP contribution in [0.5, 0.6) is 0 Å². The average molecular weight is 322 g/mol. The molecule has 0 bridgehead atoms. The second kappa shape index (κ2) is 7.02. The highest BCUT2D eigenvalue weighted by Gasteiger charge is 2.19. The van der Waals surface area contributed by atoms with E-state index >= 15 is 0 Å². The average Bonchev–Trinajstić information content (AvgIpc) is 2.89. The summed E-state index contributed by atoms with van der Waals surface area (Å²) in [5.41, 5.74) is 1.83. The smallest absolute Gasteiger partial charge is 0.242 e. The third kappa shape index (κ3) is 3.81. The van der Waals surface area contributed by atoms with Crippen LogP contribution in [0, 0.1) is 6.92 Å². The van der Waals surface area contributed by atoms with E-state index in [0.717, 1.165) is 21.3 Å². The molecule has 2 aromatic heterocycles. The molecule has 0 aromatic carbocycles. The van der Waals surface area contributed by atoms with Gasteiger partial charge in [-0.05, 0) is 32.4 Å². The molecule has 0 aliphatic rings. The van der Waals surface area contributed by atoms with Gasteiger partial charge in [0.05, 0.1) is 12.2 Å². The zero-order valence-corrected chi connectivity index (χ0v) is 14.2. The van der Waals surface area contributed by atoms with Gasteiger partial charge in [0.1, 0.15) is 10.0 Å². The Kier molecular flexibility index (Phi) is 5.33. The number of nitrogens with zero attached hydrogens (tertiary/aromatic N) is 4. The maximum atomic E-state index is 12.2. The van der Waals surface area contributed by atoms with Gasteiger partial charge in [-0.15, -0.1) is 0 Å². The highest BCUT2D eigenvalue weighted by Crippen LogP contribution is 2.33. The minimum atomic E-state index is 0.0522. The summed E-state index contributed by atoms with van der Waals surface area (Å²) in [5, 5.41) is 1.77. The van der Waals surface area contributed by atoms with Gasteiger partial charge in [-0.3, -0.25) is 9.78 Å². The topological polar surface area (TPSA) is 49.3 Å². The maximum absolute atomic E-state index is 12.2. The third-order valence-corrected chi connectivity index (χ3v) is 5.06. The predicted octanol–water partition coefficient (Wildman–Crippen LogP) is 2.69. The van der Waals surface area contributed by atoms with E-state index in [-0.39, 0.29) is 5.91 Å². The van der Waals surface area contributed by atoms with Crippen LogP contribution in [-0.2, 0) is 4.79 Å². The van der Waals surface area contributed by atoms with Crippen molar-refractivity contribution in [2.45, 2.75) is 6.92 Å². The van der Waals surface area contributed by atoms with Crippen molar-refractivity contribution in [1.29, 1.82) is 0 Å². The normalized spacial score (nSPS) is 10.9. The van der Waals surface area contributed by atoms with Crippen LogP contribution in [0.4, 0.5) is 5.00 Å². The van der Waals surface area contributed by atoms with E-state index in [1.165, 1.54) is 23.3 Å². The lowest BCUT2D eigenvalue weighted by Gasteiger charge is -2.19. The van der Waals surface area contributed by atoms with Crippen molar-refractivity contribution in [2.24, 2.45) is 0 Å². The highest BCUT2D eigenvalue weighted by atomic mass is 32.2. The van der Waals surface area contributed by atoms with E-state index in [2.05, 4.69) is 9.97 Å². The third-order valence-electron chi connectivity index (χ3n) is 3.03. The summed E-state index contributed by atoms with van der Waals surface area (Å²) in [7, 11) is 3.70. The Morgan fingerprint density at radius 2 is 2.19 bits per heavy atom. The van der Waals surface area contributed by atoms with Crippen LogP contribution in [0.25, 0.3) is 10.6 Å². The lowest BCUT2D eigenvalue weighted by molar-refractivity contribution is -0.118. The quantitative estimate of drug-likeness (QED) is 0.792. The number of pyridine rings is 1. The largest absolute Gasteiger partial charge is 0.304 e. The molecule has 0 N–H and O–H groups in total. The summed E-state index contributed by atoms with van der Waals surface area (Å²) < 4.78 is 1.90. The zero-order chi connectivity index (χ0) is 15.4. The molecule has 1 amide bonds. The molecular weight excluding hydrogens is 304 g/mol. The second-order valence-corrected chi connectivity index (χ2v) is 6.54. The number of hydrogen-bond acceptors (Lipinski definition) is 6. The fraction of sp³-hybridized carbons (Fsp3) is 0.357. The molecule has 7 heteroatoms. The van der Waals surface area contributed by atoms with Gasteiger partial charge in [0, 0.05) is 25.0 Å². The molecule has 112 valence electrons. The van der Waals surface area contributed by atoms with Crippen molar-refractivity contribution in [3.05, 3.63) is 30.2 Å². The number of carbonyl (C=O) groups excluding carboxylic acids is 1. The van der Waals surface area contributed by atoms with E-state index in [1.54, 1.807) is 24.3 Å². The Labute approximate surface area is 133 Å². The number of hydrogen-bond donors (Lipinski definition) is 0. The first-order valence-corrected chi connectivity index (χ1v) is 8.42. The first-order chi connectivity index (χ1) is 10.0. The van der Waals surface area contributed by atoms with Crippen molar-refractivity contribution in [2.75, 3.05) is 31.8 Å². The van der Waals surface area contributed by atoms with E-state index in [0.29, 0.717) is 6.54 Å². The molecule has 0 saturated heterocycles. The van der Waals surface area contributed by atoms with Crippen LogP contribution in [-0.4, -0.2) is 47.1 Å². The number of aromatic nitrogens is 2. The van der Waals surface area contributed by atoms with Crippen LogP contribution >= 0.6 is 23.3 Å². The molecule has 0 unspecified atom stereocenters. The summed E-state index contributed by atoms with van der Waals surface area (Å²) in [6.07, 6.45) is 5.47. The molecule has 0 atom stereocenters. The fourth-order valence-corrected chi connectivity index (χ4v) is 3.06. The first-order valence-electron chi connectivity index (χ1n) is 6.42. The number of aryl methyl sites for hydroxylation is 1. The Balaban J connectivity index is 2.21. The van der Waals surface area contributed by atoms with Gasteiger partial charge in [-0.2, -0.15) is 0 Å². The maximum Gasteiger partial charge on any atom is 0.242 e. The Morgan fingerprint density at radius 1 is 1.43 bits per heavy atom. The summed E-state index contributed by atoms with van der Waals surface area (Å²) in [6, 6.07) is 3.85. The van der Waals surface area contributed by atoms with Gasteiger partial charge in [0.15, 0.2) is 0 Å². The number of amides is 1. The minimum Gasteiger partial charge on any atom is -0.304 e. The lowest BCUT2D eigenvalue weighted by atomic mass is 10.3. The molecule has 0 aliphatic heterocycles. The monoisotopic (exact) mass is 322 g/mol. The Bertz CT molecular complexity index is 615. The highest BCUT2D eigenvalue weighted by molar-refractivity contribution is 7.96. The molecular formula is C14H18N4OS2. The van der Waals surface area contributed by atoms with E-state index in [1.807, 2.05) is 36.7 Å². The lowest BCUT2D eigenvalue weighted by Crippen LogP contribution is -2.34. The van der Waals surface area contributed by atoms with Crippen LogP contribution in [0.1, 0.15) is 5.69 Å². The van der Waals surface area contributed by atoms with Gasteiger partial charge in [-0.25, -0.2) is 9.29 Å². The molecule has 0 spiro atoms. The number of rotatable bonds is 5. The molecule has 0 fully saturated rings. The van der Waals surface area contributed by atoms with Crippen molar-refractivity contribution in [3.63, 3.8) is 0 Å². The summed E-state index contributed by atoms with van der Waals surface area (Å²) in [5.74, 6) is 0.0522. The van der Waals surface area contributed by atoms with Gasteiger partial charge < -0.3 is 4.90 Å². The van der Waals surface area contributed by atoms with Crippen LogP contribution in [0.3, 0.4) is 0 Å². The molecule has 2 aromatic rings. The standard InChI is InChI=1S/C14H18N4OS2/c1-10-14(18(3)12(19)9-17(2)20-4)21-13(16-10)11-6-5-7-15-8-11/h5-8H,9H2,1-4H3. The molecule has 2 rings (SSSR count). The Morgan fingerprint density at radius 3 is 2.81 bits per heavy atom. The van der Waals surface area contributed by atoms with Gasteiger partial charge in [0.2, 0.25) is 5.91 Å². The van der Waals surface area contributed by atoms with Gasteiger partial charge in [0.25, 0.3) is 0 Å². The first kappa shape index (κ1) is 15.9. The second-order valence-electron chi connectivity index (χ2n) is 4.57. The molecule has 0 radical (unpaired) electrons. The number of likely N-dealkylation sites (N-methyl/N-ethyl adjacent to an activating group) is 2. The van der Waals surface area contributed by atoms with Crippen LogP contribution in [0.15, 0.2) is 24.5 Å². The van der Waals surface area contributed by atoms with Crippen LogP contribution in [0.2, 0.25) is 0 Å². The predicted molar refractivity (Wildman–Crippen MR) is 89.6 cm³/mol. The number of anilines is 1. The fourth-order valence-electron chi connectivity index (χ4n) is 1.79. The summed E-state index contributed by atoms with van der Waals surface area (Å²) in [6.45, 7) is 2.30. The molecule has 0 aliphatic carbocycles. The summed E-state index contributed by atoms with van der Waals surface area (Å²) >= 11 is 3.05. The minimum absolute atomic E-state index is 0.0522. The SMILES string of the molecule is CSN(C)CC(=O)N(C)c1sc(-c2cccnc2)nc1C. The van der Waals surface area contributed by atoms with Crippen molar-refractivity contribution >= 4 is 34.2 Å². The molecule has 5 nitrogen and oxygen atoms in total. The van der Waals surface area contributed by atoms with Crippen LogP contribution < -0.4 is 4.90 Å². The van der Waals surface area contributed by atoms with Gasteiger partial charge in [-0.1, -0.05) is 23.3 Å². The molecule has 21 heavy (non-hydrogen) atoms. The van der Waals surface area contributed by atoms with E-state index < -0.39 is 0 Å². The van der Waals surface area contributed by atoms with Crippen molar-refractivity contribution < 1.29 is 4.79 Å². The molecule has 2 heterocycles.